The van der Waals surface area contributed by atoms with E-state index < -0.39 is 0 Å². The molecule has 1 aromatic carbocycles. The molecule has 0 spiro atoms. The van der Waals surface area contributed by atoms with Crippen LogP contribution < -0.4 is 5.32 Å². The highest BCUT2D eigenvalue weighted by molar-refractivity contribution is 9.10. The van der Waals surface area contributed by atoms with Gasteiger partial charge in [0.2, 0.25) is 0 Å². The second kappa shape index (κ2) is 4.35. The Hall–Kier alpha value is -0.500. The van der Waals surface area contributed by atoms with Crippen LogP contribution in [0.5, 0.6) is 0 Å². The van der Waals surface area contributed by atoms with Crippen molar-refractivity contribution in [2.75, 3.05) is 11.9 Å². The fraction of sp³-hybridized carbons (Fsp3) is 0.500. The molecule has 2 rings (SSSR count). The third kappa shape index (κ3) is 1.95. The van der Waals surface area contributed by atoms with Gasteiger partial charge in [-0.15, -0.1) is 0 Å². The fourth-order valence-electron chi connectivity index (χ4n) is 2.22. The first-order valence-corrected chi connectivity index (χ1v) is 6.14. The first-order valence-electron chi connectivity index (χ1n) is 5.34. The summed E-state index contributed by atoms with van der Waals surface area (Å²) in [6.07, 6.45) is 3.87. The van der Waals surface area contributed by atoms with Crippen LogP contribution in [0.4, 0.5) is 5.69 Å². The van der Waals surface area contributed by atoms with Crippen LogP contribution in [0.1, 0.15) is 37.7 Å². The maximum absolute atomic E-state index is 3.51. The summed E-state index contributed by atoms with van der Waals surface area (Å²) in [5, 5.41) is 3.46. The molecule has 0 bridgehead atoms. The lowest BCUT2D eigenvalue weighted by Crippen LogP contribution is -2.16. The van der Waals surface area contributed by atoms with E-state index in [2.05, 4.69) is 46.4 Å². The summed E-state index contributed by atoms with van der Waals surface area (Å²) in [5.74, 6) is 0.768. The molecule has 1 atom stereocenters. The van der Waals surface area contributed by atoms with Gasteiger partial charge in [-0.05, 0) is 36.5 Å². The largest absolute Gasteiger partial charge is 0.385 e. The monoisotopic (exact) mass is 253 g/mol. The Labute approximate surface area is 94.0 Å². The molecule has 0 radical (unpaired) electrons. The minimum Gasteiger partial charge on any atom is -0.385 e. The van der Waals surface area contributed by atoms with E-state index in [1.165, 1.54) is 35.0 Å². The maximum Gasteiger partial charge on any atom is 0.0386 e. The summed E-state index contributed by atoms with van der Waals surface area (Å²) in [4.78, 5) is 0. The van der Waals surface area contributed by atoms with E-state index in [-0.39, 0.29) is 0 Å². The van der Waals surface area contributed by atoms with Crippen LogP contribution in [-0.2, 0) is 0 Å². The second-order valence-electron chi connectivity index (χ2n) is 3.93. The fourth-order valence-corrected chi connectivity index (χ4v) is 2.58. The number of hydrogen-bond acceptors (Lipinski definition) is 1. The minimum atomic E-state index is 0.768. The van der Waals surface area contributed by atoms with E-state index in [4.69, 9.17) is 0 Å². The lowest BCUT2D eigenvalue weighted by Gasteiger charge is -2.26. The van der Waals surface area contributed by atoms with Gasteiger partial charge < -0.3 is 5.32 Å². The summed E-state index contributed by atoms with van der Waals surface area (Å²) >= 11 is 3.51. The number of rotatable bonds is 2. The van der Waals surface area contributed by atoms with E-state index in [1.54, 1.807) is 0 Å². The SMILES string of the molecule is CCCC1CCNc2cc(Br)ccc21. The van der Waals surface area contributed by atoms with Crippen molar-refractivity contribution in [3.63, 3.8) is 0 Å². The Morgan fingerprint density at radius 3 is 3.14 bits per heavy atom. The molecule has 0 fully saturated rings. The van der Waals surface area contributed by atoms with Crippen molar-refractivity contribution < 1.29 is 0 Å². The maximum atomic E-state index is 3.51. The number of benzene rings is 1. The molecule has 2 heteroatoms. The van der Waals surface area contributed by atoms with E-state index >= 15 is 0 Å². The van der Waals surface area contributed by atoms with Crippen LogP contribution >= 0.6 is 15.9 Å². The molecule has 14 heavy (non-hydrogen) atoms. The van der Waals surface area contributed by atoms with Gasteiger partial charge in [0, 0.05) is 16.7 Å². The van der Waals surface area contributed by atoms with E-state index in [0.717, 1.165) is 12.5 Å². The normalized spacial score (nSPS) is 20.0. The van der Waals surface area contributed by atoms with Crippen LogP contribution in [0.15, 0.2) is 22.7 Å². The van der Waals surface area contributed by atoms with Crippen LogP contribution in [0, 0.1) is 0 Å². The molecule has 0 saturated carbocycles. The van der Waals surface area contributed by atoms with Crippen molar-refractivity contribution in [2.45, 2.75) is 32.1 Å². The van der Waals surface area contributed by atoms with Crippen molar-refractivity contribution in [2.24, 2.45) is 0 Å². The van der Waals surface area contributed by atoms with Crippen LogP contribution in [0.2, 0.25) is 0 Å². The number of anilines is 1. The van der Waals surface area contributed by atoms with E-state index in [1.807, 2.05) is 0 Å². The molecular weight excluding hydrogens is 238 g/mol. The summed E-state index contributed by atoms with van der Waals surface area (Å²) in [5.41, 5.74) is 2.82. The second-order valence-corrected chi connectivity index (χ2v) is 4.85. The predicted octanol–water partition coefficient (Wildman–Crippen LogP) is 4.15. The zero-order valence-corrected chi connectivity index (χ0v) is 10.1. The highest BCUT2D eigenvalue weighted by Gasteiger charge is 2.18. The molecule has 1 aliphatic rings. The van der Waals surface area contributed by atoms with Crippen LogP contribution in [0.3, 0.4) is 0 Å². The number of halogens is 1. The molecule has 1 unspecified atom stereocenters. The van der Waals surface area contributed by atoms with Gasteiger partial charge in [0.25, 0.3) is 0 Å². The lowest BCUT2D eigenvalue weighted by atomic mass is 9.88. The molecule has 1 heterocycles. The molecule has 0 aromatic heterocycles. The highest BCUT2D eigenvalue weighted by Crippen LogP contribution is 2.35. The van der Waals surface area contributed by atoms with Crippen LogP contribution in [-0.4, -0.2) is 6.54 Å². The first-order chi connectivity index (χ1) is 6.81. The van der Waals surface area contributed by atoms with E-state index in [0.29, 0.717) is 0 Å². The quantitative estimate of drug-likeness (QED) is 0.836. The summed E-state index contributed by atoms with van der Waals surface area (Å²) in [7, 11) is 0. The van der Waals surface area contributed by atoms with Crippen LogP contribution in [0.25, 0.3) is 0 Å². The van der Waals surface area contributed by atoms with Gasteiger partial charge >= 0.3 is 0 Å². The third-order valence-corrected chi connectivity index (χ3v) is 3.39. The molecule has 1 aromatic rings. The van der Waals surface area contributed by atoms with Crippen molar-refractivity contribution in [3.05, 3.63) is 28.2 Å². The Morgan fingerprint density at radius 2 is 2.36 bits per heavy atom. The van der Waals surface area contributed by atoms with Crippen molar-refractivity contribution >= 4 is 21.6 Å². The topological polar surface area (TPSA) is 12.0 Å². The summed E-state index contributed by atoms with van der Waals surface area (Å²) in [6.45, 7) is 3.38. The van der Waals surface area contributed by atoms with Gasteiger partial charge in [-0.25, -0.2) is 0 Å². The predicted molar refractivity (Wildman–Crippen MR) is 64.9 cm³/mol. The van der Waals surface area contributed by atoms with E-state index in [9.17, 15) is 0 Å². The molecule has 76 valence electrons. The van der Waals surface area contributed by atoms with Crippen molar-refractivity contribution in [1.29, 1.82) is 0 Å². The molecule has 0 saturated heterocycles. The van der Waals surface area contributed by atoms with Crippen molar-refractivity contribution in [3.8, 4) is 0 Å². The smallest absolute Gasteiger partial charge is 0.0386 e. The van der Waals surface area contributed by atoms with Gasteiger partial charge in [0.1, 0.15) is 0 Å². The Bertz CT molecular complexity index is 322. The van der Waals surface area contributed by atoms with Gasteiger partial charge in [-0.3, -0.25) is 0 Å². The first kappa shape index (κ1) is 10.0. The molecule has 1 aliphatic heterocycles. The molecule has 1 nitrogen and oxygen atoms in total. The minimum absolute atomic E-state index is 0.768. The summed E-state index contributed by atoms with van der Waals surface area (Å²) in [6, 6.07) is 6.59. The average Bonchev–Trinajstić information content (AvgIpc) is 2.18. The standard InChI is InChI=1S/C12H16BrN/c1-2-3-9-6-7-14-12-8-10(13)4-5-11(9)12/h4-5,8-9,14H,2-3,6-7H2,1H3. The van der Waals surface area contributed by atoms with Gasteiger partial charge in [-0.2, -0.15) is 0 Å². The average molecular weight is 254 g/mol. The zero-order valence-electron chi connectivity index (χ0n) is 8.52. The van der Waals surface area contributed by atoms with Gasteiger partial charge in [0.05, 0.1) is 0 Å². The highest BCUT2D eigenvalue weighted by atomic mass is 79.9. The zero-order chi connectivity index (χ0) is 9.97. The van der Waals surface area contributed by atoms with Gasteiger partial charge in [0.15, 0.2) is 0 Å². The number of hydrogen-bond donors (Lipinski definition) is 1. The number of nitrogens with one attached hydrogen (secondary N) is 1. The Balaban J connectivity index is 2.30. The molecule has 0 aliphatic carbocycles. The lowest BCUT2D eigenvalue weighted by molar-refractivity contribution is 0.570. The molecule has 1 N–H and O–H groups in total. The third-order valence-electron chi connectivity index (χ3n) is 2.90. The number of fused-ring (bicyclic) bond motifs is 1. The van der Waals surface area contributed by atoms with Crippen molar-refractivity contribution in [1.82, 2.24) is 0 Å². The van der Waals surface area contributed by atoms with Gasteiger partial charge in [-0.1, -0.05) is 35.3 Å². The Morgan fingerprint density at radius 1 is 1.50 bits per heavy atom. The molecule has 0 amide bonds. The molecular formula is C12H16BrN. The summed E-state index contributed by atoms with van der Waals surface area (Å²) < 4.78 is 1.17. The Kier molecular flexibility index (Phi) is 3.12.